The summed E-state index contributed by atoms with van der Waals surface area (Å²) in [5.41, 5.74) is 1.62. The van der Waals surface area contributed by atoms with E-state index in [-0.39, 0.29) is 5.91 Å². The lowest BCUT2D eigenvalue weighted by Gasteiger charge is -2.24. The molecule has 0 aliphatic heterocycles. The summed E-state index contributed by atoms with van der Waals surface area (Å²) in [6.07, 6.45) is -0.904. The van der Waals surface area contributed by atoms with Gasteiger partial charge in [-0.2, -0.15) is 0 Å². The molecule has 0 spiro atoms. The van der Waals surface area contributed by atoms with Crippen LogP contribution in [-0.2, 0) is 11.2 Å². The summed E-state index contributed by atoms with van der Waals surface area (Å²) in [7, 11) is 1.64. The molecule has 0 heterocycles. The number of benzene rings is 2. The molecule has 2 rings (SSSR count). The summed E-state index contributed by atoms with van der Waals surface area (Å²) in [5.74, 6) is -0.294. The lowest BCUT2D eigenvalue weighted by molar-refractivity contribution is -0.120. The number of carbonyl (C=O) groups is 2. The molecule has 0 aliphatic rings. The Morgan fingerprint density at radius 3 is 2.14 bits per heavy atom. The molecule has 2 amide bonds. The second-order valence-electron chi connectivity index (χ2n) is 4.92. The fourth-order valence-electron chi connectivity index (χ4n) is 2.21. The average Bonchev–Trinajstić information content (AvgIpc) is 2.54. The van der Waals surface area contributed by atoms with Crippen LogP contribution < -0.4 is 10.2 Å². The van der Waals surface area contributed by atoms with Crippen LogP contribution in [0.15, 0.2) is 60.7 Å². The molecule has 0 radical (unpaired) electrons. The van der Waals surface area contributed by atoms with Gasteiger partial charge in [0, 0.05) is 19.2 Å². The minimum Gasteiger partial charge on any atom is -0.465 e. The van der Waals surface area contributed by atoms with Crippen molar-refractivity contribution in [3.8, 4) is 0 Å². The molecule has 0 saturated carbocycles. The third-order valence-corrected chi connectivity index (χ3v) is 3.35. The summed E-state index contributed by atoms with van der Waals surface area (Å²) in [4.78, 5) is 25.0. The van der Waals surface area contributed by atoms with E-state index in [9.17, 15) is 9.59 Å². The van der Waals surface area contributed by atoms with E-state index in [0.29, 0.717) is 6.42 Å². The van der Waals surface area contributed by atoms with E-state index in [1.807, 2.05) is 48.5 Å². The number of carboxylic acid groups (broad SMARTS) is 1. The second kappa shape index (κ2) is 7.26. The van der Waals surface area contributed by atoms with Crippen LogP contribution in [0.2, 0.25) is 0 Å². The molecule has 0 bridgehead atoms. The molecule has 2 N–H and O–H groups in total. The van der Waals surface area contributed by atoms with Gasteiger partial charge in [0.15, 0.2) is 0 Å². The van der Waals surface area contributed by atoms with E-state index in [1.54, 1.807) is 19.2 Å². The van der Waals surface area contributed by atoms with Crippen molar-refractivity contribution in [3.05, 3.63) is 66.2 Å². The first kappa shape index (κ1) is 15.6. The first-order chi connectivity index (χ1) is 10.6. The van der Waals surface area contributed by atoms with Gasteiger partial charge < -0.3 is 15.3 Å². The van der Waals surface area contributed by atoms with Crippen LogP contribution in [0, 0.1) is 0 Å². The van der Waals surface area contributed by atoms with Crippen molar-refractivity contribution in [1.29, 1.82) is 0 Å². The summed E-state index contributed by atoms with van der Waals surface area (Å²) in [6.45, 7) is 0. The van der Waals surface area contributed by atoms with Crippen molar-refractivity contribution in [1.82, 2.24) is 5.32 Å². The Morgan fingerprint density at radius 1 is 1.05 bits per heavy atom. The number of nitrogens with zero attached hydrogens (tertiary/aromatic N) is 1. The van der Waals surface area contributed by atoms with Crippen molar-refractivity contribution >= 4 is 17.7 Å². The maximum Gasteiger partial charge on any atom is 0.405 e. The van der Waals surface area contributed by atoms with Crippen molar-refractivity contribution in [2.45, 2.75) is 12.5 Å². The molecule has 22 heavy (non-hydrogen) atoms. The van der Waals surface area contributed by atoms with E-state index >= 15 is 0 Å². The van der Waals surface area contributed by atoms with Gasteiger partial charge in [-0.25, -0.2) is 4.79 Å². The number of amides is 2. The summed E-state index contributed by atoms with van der Waals surface area (Å²) >= 11 is 0. The summed E-state index contributed by atoms with van der Waals surface area (Å²) < 4.78 is 0. The predicted octanol–water partition coefficient (Wildman–Crippen LogP) is 2.53. The maximum absolute atomic E-state index is 12.6. The zero-order valence-electron chi connectivity index (χ0n) is 12.3. The molecule has 0 saturated heterocycles. The van der Waals surface area contributed by atoms with Gasteiger partial charge in [0.1, 0.15) is 6.04 Å². The van der Waals surface area contributed by atoms with E-state index in [2.05, 4.69) is 5.32 Å². The molecule has 0 aromatic heterocycles. The Bertz CT molecular complexity index is 629. The van der Waals surface area contributed by atoms with Crippen LogP contribution in [0.25, 0.3) is 0 Å². The smallest absolute Gasteiger partial charge is 0.405 e. The SMILES string of the molecule is CN(C(=O)C(Cc1ccccc1)NC(=O)O)c1ccccc1. The Hall–Kier alpha value is -2.82. The molecule has 114 valence electrons. The fourth-order valence-corrected chi connectivity index (χ4v) is 2.21. The van der Waals surface area contributed by atoms with Gasteiger partial charge in [-0.05, 0) is 17.7 Å². The molecule has 0 fully saturated rings. The zero-order valence-corrected chi connectivity index (χ0v) is 12.3. The van der Waals surface area contributed by atoms with Crippen molar-refractivity contribution in [2.75, 3.05) is 11.9 Å². The van der Waals surface area contributed by atoms with Crippen molar-refractivity contribution in [3.63, 3.8) is 0 Å². The highest BCUT2D eigenvalue weighted by molar-refractivity contribution is 5.98. The standard InChI is InChI=1S/C17H18N2O3/c1-19(14-10-6-3-7-11-14)16(20)15(18-17(21)22)12-13-8-4-2-5-9-13/h2-11,15,18H,12H2,1H3,(H,21,22). The fraction of sp³-hybridized carbons (Fsp3) is 0.176. The zero-order chi connectivity index (χ0) is 15.9. The highest BCUT2D eigenvalue weighted by Crippen LogP contribution is 2.14. The number of anilines is 1. The highest BCUT2D eigenvalue weighted by Gasteiger charge is 2.24. The maximum atomic E-state index is 12.6. The second-order valence-corrected chi connectivity index (χ2v) is 4.92. The number of hydrogen-bond acceptors (Lipinski definition) is 2. The van der Waals surface area contributed by atoms with E-state index < -0.39 is 12.1 Å². The minimum atomic E-state index is -1.21. The molecule has 5 nitrogen and oxygen atoms in total. The van der Waals surface area contributed by atoms with E-state index in [0.717, 1.165) is 11.3 Å². The lowest BCUT2D eigenvalue weighted by atomic mass is 10.0. The first-order valence-electron chi connectivity index (χ1n) is 6.94. The molecule has 2 aromatic carbocycles. The summed E-state index contributed by atoms with van der Waals surface area (Å²) in [6, 6.07) is 17.6. The van der Waals surface area contributed by atoms with Gasteiger partial charge in [0.05, 0.1) is 0 Å². The van der Waals surface area contributed by atoms with Crippen LogP contribution in [0.1, 0.15) is 5.56 Å². The molecule has 1 unspecified atom stereocenters. The third kappa shape index (κ3) is 4.09. The topological polar surface area (TPSA) is 69.6 Å². The molecular formula is C17H18N2O3. The quantitative estimate of drug-likeness (QED) is 0.891. The first-order valence-corrected chi connectivity index (χ1v) is 6.94. The van der Waals surface area contributed by atoms with Crippen molar-refractivity contribution < 1.29 is 14.7 Å². The Balaban J connectivity index is 2.17. The van der Waals surface area contributed by atoms with Crippen LogP contribution in [0.4, 0.5) is 10.5 Å². The molecule has 1 atom stereocenters. The molecular weight excluding hydrogens is 280 g/mol. The van der Waals surface area contributed by atoms with Crippen molar-refractivity contribution in [2.24, 2.45) is 0 Å². The van der Waals surface area contributed by atoms with Gasteiger partial charge in [-0.15, -0.1) is 0 Å². The number of rotatable bonds is 5. The van der Waals surface area contributed by atoms with Crippen LogP contribution in [0.5, 0.6) is 0 Å². The van der Waals surface area contributed by atoms with Crippen LogP contribution >= 0.6 is 0 Å². The molecule has 2 aromatic rings. The average molecular weight is 298 g/mol. The largest absolute Gasteiger partial charge is 0.465 e. The Labute approximate surface area is 129 Å². The van der Waals surface area contributed by atoms with Gasteiger partial charge in [-0.3, -0.25) is 4.79 Å². The van der Waals surface area contributed by atoms with E-state index in [1.165, 1.54) is 4.90 Å². The minimum absolute atomic E-state index is 0.294. The Kier molecular flexibility index (Phi) is 5.14. The highest BCUT2D eigenvalue weighted by atomic mass is 16.4. The van der Waals surface area contributed by atoms with E-state index in [4.69, 9.17) is 5.11 Å². The number of nitrogens with one attached hydrogen (secondary N) is 1. The molecule has 5 heteroatoms. The Morgan fingerprint density at radius 2 is 1.59 bits per heavy atom. The van der Waals surface area contributed by atoms with Crippen LogP contribution in [0.3, 0.4) is 0 Å². The number of hydrogen-bond donors (Lipinski definition) is 2. The normalized spacial score (nSPS) is 11.5. The monoisotopic (exact) mass is 298 g/mol. The predicted molar refractivity (Wildman–Crippen MR) is 84.9 cm³/mol. The van der Waals surface area contributed by atoms with Crippen LogP contribution in [-0.4, -0.2) is 30.2 Å². The lowest BCUT2D eigenvalue weighted by Crippen LogP contribution is -2.48. The number of para-hydroxylation sites is 1. The number of carbonyl (C=O) groups excluding carboxylic acids is 1. The third-order valence-electron chi connectivity index (χ3n) is 3.35. The van der Waals surface area contributed by atoms with Gasteiger partial charge in [0.25, 0.3) is 0 Å². The van der Waals surface area contributed by atoms with Gasteiger partial charge in [-0.1, -0.05) is 48.5 Å². The number of likely N-dealkylation sites (N-methyl/N-ethyl adjacent to an activating group) is 1. The summed E-state index contributed by atoms with van der Waals surface area (Å²) in [5, 5.41) is 11.3. The van der Waals surface area contributed by atoms with Gasteiger partial charge in [0.2, 0.25) is 5.91 Å². The molecule has 0 aliphatic carbocycles. The van der Waals surface area contributed by atoms with Gasteiger partial charge >= 0.3 is 6.09 Å².